The normalized spacial score (nSPS) is 12.0. The van der Waals surface area contributed by atoms with Gasteiger partial charge in [0.2, 0.25) is 5.95 Å². The third kappa shape index (κ3) is 4.42. The zero-order valence-electron chi connectivity index (χ0n) is 15.0. The predicted molar refractivity (Wildman–Crippen MR) is 95.5 cm³/mol. The van der Waals surface area contributed by atoms with Gasteiger partial charge in [0, 0.05) is 11.6 Å². The van der Waals surface area contributed by atoms with Gasteiger partial charge in [0.25, 0.3) is 0 Å². The van der Waals surface area contributed by atoms with Crippen LogP contribution >= 0.6 is 0 Å². The number of nitrogen functional groups attached to an aromatic ring is 1. The SMILES string of the molecule is COc1cc(Oc2cnc(NC(C)O)nc2N)c(C(C)C)cc1OC. The minimum Gasteiger partial charge on any atom is -0.493 e. The third-order valence-electron chi connectivity index (χ3n) is 3.48. The zero-order chi connectivity index (χ0) is 18.6. The van der Waals surface area contributed by atoms with Crippen LogP contribution in [-0.4, -0.2) is 35.5 Å². The molecule has 8 heteroatoms. The van der Waals surface area contributed by atoms with Crippen LogP contribution in [0.5, 0.6) is 23.0 Å². The molecule has 25 heavy (non-hydrogen) atoms. The fourth-order valence-corrected chi connectivity index (χ4v) is 2.25. The number of aliphatic hydroxyl groups excluding tert-OH is 1. The molecule has 1 atom stereocenters. The largest absolute Gasteiger partial charge is 0.493 e. The van der Waals surface area contributed by atoms with Crippen molar-refractivity contribution < 1.29 is 19.3 Å². The first-order valence-corrected chi connectivity index (χ1v) is 7.86. The minimum atomic E-state index is -0.787. The van der Waals surface area contributed by atoms with Crippen molar-refractivity contribution in [3.63, 3.8) is 0 Å². The van der Waals surface area contributed by atoms with Gasteiger partial charge in [-0.05, 0) is 18.9 Å². The first-order valence-electron chi connectivity index (χ1n) is 7.86. The van der Waals surface area contributed by atoms with Crippen LogP contribution in [0.1, 0.15) is 32.3 Å². The molecule has 0 aliphatic rings. The zero-order valence-corrected chi connectivity index (χ0v) is 15.0. The molecule has 4 N–H and O–H groups in total. The van der Waals surface area contributed by atoms with Gasteiger partial charge >= 0.3 is 0 Å². The average molecular weight is 348 g/mol. The van der Waals surface area contributed by atoms with Crippen LogP contribution in [0.4, 0.5) is 11.8 Å². The average Bonchev–Trinajstić information content (AvgIpc) is 2.56. The quantitative estimate of drug-likeness (QED) is 0.655. The van der Waals surface area contributed by atoms with E-state index in [4.69, 9.17) is 19.9 Å². The number of ether oxygens (including phenoxy) is 3. The van der Waals surface area contributed by atoms with E-state index in [1.54, 1.807) is 27.2 Å². The maximum absolute atomic E-state index is 9.32. The van der Waals surface area contributed by atoms with Gasteiger partial charge in [-0.15, -0.1) is 0 Å². The fraction of sp³-hybridized carbons (Fsp3) is 0.412. The summed E-state index contributed by atoms with van der Waals surface area (Å²) in [5.41, 5.74) is 6.88. The first kappa shape index (κ1) is 18.6. The number of nitrogens with one attached hydrogen (secondary N) is 1. The molecule has 0 aliphatic heterocycles. The minimum absolute atomic E-state index is 0.155. The van der Waals surface area contributed by atoms with Crippen LogP contribution in [0.2, 0.25) is 0 Å². The van der Waals surface area contributed by atoms with Gasteiger partial charge in [-0.25, -0.2) is 4.98 Å². The van der Waals surface area contributed by atoms with Crippen LogP contribution < -0.4 is 25.3 Å². The number of anilines is 2. The van der Waals surface area contributed by atoms with Crippen LogP contribution in [0.15, 0.2) is 18.3 Å². The van der Waals surface area contributed by atoms with Crippen LogP contribution in [-0.2, 0) is 0 Å². The number of benzene rings is 1. The van der Waals surface area contributed by atoms with Crippen molar-refractivity contribution in [1.29, 1.82) is 0 Å². The molecular formula is C17H24N4O4. The molecule has 1 heterocycles. The van der Waals surface area contributed by atoms with Gasteiger partial charge in [0.1, 0.15) is 12.0 Å². The predicted octanol–water partition coefficient (Wildman–Crippen LogP) is 2.74. The van der Waals surface area contributed by atoms with Gasteiger partial charge in [-0.1, -0.05) is 13.8 Å². The number of hydrogen-bond donors (Lipinski definition) is 3. The summed E-state index contributed by atoms with van der Waals surface area (Å²) in [5.74, 6) is 2.63. The Hall–Kier alpha value is -2.74. The highest BCUT2D eigenvalue weighted by Crippen LogP contribution is 2.40. The number of rotatable bonds is 7. The van der Waals surface area contributed by atoms with Gasteiger partial charge in [0.15, 0.2) is 23.1 Å². The highest BCUT2D eigenvalue weighted by atomic mass is 16.5. The summed E-state index contributed by atoms with van der Waals surface area (Å²) in [5, 5.41) is 12.0. The van der Waals surface area contributed by atoms with Crippen LogP contribution in [0, 0.1) is 0 Å². The lowest BCUT2D eigenvalue weighted by Crippen LogP contribution is -2.16. The van der Waals surface area contributed by atoms with E-state index in [0.717, 1.165) is 5.56 Å². The number of hydrogen-bond acceptors (Lipinski definition) is 8. The van der Waals surface area contributed by atoms with Gasteiger partial charge < -0.3 is 30.4 Å². The number of nitrogens with two attached hydrogens (primary N) is 1. The van der Waals surface area contributed by atoms with Crippen molar-refractivity contribution in [2.75, 3.05) is 25.3 Å². The molecule has 2 aromatic rings. The van der Waals surface area contributed by atoms with E-state index in [-0.39, 0.29) is 17.7 Å². The molecule has 0 fully saturated rings. The standard InChI is InChI=1S/C17H24N4O4/c1-9(2)11-6-13(23-4)14(24-5)7-12(11)25-15-8-19-17(20-10(3)22)21-16(15)18/h6-10,22H,1-5H3,(H3,18,19,20,21). The second kappa shape index (κ2) is 7.89. The Morgan fingerprint density at radius 1 is 1.04 bits per heavy atom. The molecule has 0 saturated carbocycles. The lowest BCUT2D eigenvalue weighted by Gasteiger charge is -2.18. The third-order valence-corrected chi connectivity index (χ3v) is 3.48. The van der Waals surface area contributed by atoms with E-state index < -0.39 is 6.23 Å². The first-order chi connectivity index (χ1) is 11.8. The molecule has 0 aliphatic carbocycles. The topological polar surface area (TPSA) is 112 Å². The van der Waals surface area contributed by atoms with Crippen molar-refractivity contribution >= 4 is 11.8 Å². The maximum Gasteiger partial charge on any atom is 0.226 e. The monoisotopic (exact) mass is 348 g/mol. The van der Waals surface area contributed by atoms with E-state index in [1.165, 1.54) is 6.20 Å². The Balaban J connectivity index is 2.39. The molecular weight excluding hydrogens is 324 g/mol. The summed E-state index contributed by atoms with van der Waals surface area (Å²) < 4.78 is 16.6. The second-order valence-corrected chi connectivity index (χ2v) is 5.77. The van der Waals surface area contributed by atoms with Crippen molar-refractivity contribution in [1.82, 2.24) is 9.97 Å². The molecule has 0 spiro atoms. The summed E-state index contributed by atoms with van der Waals surface area (Å²) in [7, 11) is 3.15. The smallest absolute Gasteiger partial charge is 0.226 e. The van der Waals surface area contributed by atoms with Crippen LogP contribution in [0.25, 0.3) is 0 Å². The number of nitrogens with zero attached hydrogens (tertiary/aromatic N) is 2. The Morgan fingerprint density at radius 3 is 2.20 bits per heavy atom. The lowest BCUT2D eigenvalue weighted by atomic mass is 10.0. The van der Waals surface area contributed by atoms with E-state index in [1.807, 2.05) is 19.9 Å². The Bertz CT molecular complexity index is 735. The van der Waals surface area contributed by atoms with Crippen molar-refractivity contribution in [3.05, 3.63) is 23.9 Å². The molecule has 1 aromatic carbocycles. The number of aromatic nitrogens is 2. The molecule has 0 radical (unpaired) electrons. The molecule has 0 bridgehead atoms. The molecule has 1 unspecified atom stereocenters. The van der Waals surface area contributed by atoms with E-state index in [0.29, 0.717) is 23.0 Å². The Kier molecular flexibility index (Phi) is 5.87. The Labute approximate surface area is 147 Å². The van der Waals surface area contributed by atoms with Crippen molar-refractivity contribution in [2.24, 2.45) is 0 Å². The molecule has 0 amide bonds. The highest BCUT2D eigenvalue weighted by molar-refractivity contribution is 5.55. The Morgan fingerprint density at radius 2 is 1.68 bits per heavy atom. The van der Waals surface area contributed by atoms with E-state index in [2.05, 4.69) is 15.3 Å². The fourth-order valence-electron chi connectivity index (χ4n) is 2.25. The van der Waals surface area contributed by atoms with Crippen molar-refractivity contribution in [3.8, 4) is 23.0 Å². The van der Waals surface area contributed by atoms with Gasteiger partial charge in [0.05, 0.1) is 20.4 Å². The molecule has 0 saturated heterocycles. The molecule has 1 aromatic heterocycles. The molecule has 136 valence electrons. The lowest BCUT2D eigenvalue weighted by molar-refractivity contribution is 0.223. The maximum atomic E-state index is 9.32. The highest BCUT2D eigenvalue weighted by Gasteiger charge is 2.17. The summed E-state index contributed by atoms with van der Waals surface area (Å²) in [6.45, 7) is 5.65. The summed E-state index contributed by atoms with van der Waals surface area (Å²) in [4.78, 5) is 8.16. The van der Waals surface area contributed by atoms with Crippen molar-refractivity contribution in [2.45, 2.75) is 32.9 Å². The molecule has 2 rings (SSSR count). The van der Waals surface area contributed by atoms with Gasteiger partial charge in [-0.3, -0.25) is 0 Å². The summed E-state index contributed by atoms with van der Waals surface area (Å²) in [6, 6.07) is 3.62. The van der Waals surface area contributed by atoms with Crippen LogP contribution in [0.3, 0.4) is 0 Å². The molecule has 8 nitrogen and oxygen atoms in total. The summed E-state index contributed by atoms with van der Waals surface area (Å²) >= 11 is 0. The van der Waals surface area contributed by atoms with E-state index in [9.17, 15) is 5.11 Å². The summed E-state index contributed by atoms with van der Waals surface area (Å²) in [6.07, 6.45) is 0.665. The van der Waals surface area contributed by atoms with E-state index >= 15 is 0 Å². The van der Waals surface area contributed by atoms with Gasteiger partial charge in [-0.2, -0.15) is 4.98 Å². The number of methoxy groups -OCH3 is 2. The number of aliphatic hydroxyl groups is 1. The second-order valence-electron chi connectivity index (χ2n) is 5.77.